The summed E-state index contributed by atoms with van der Waals surface area (Å²) in [5.74, 6) is 0.517. The molecule has 0 spiro atoms. The molecule has 4 saturated carbocycles. The minimum atomic E-state index is -0.578. The average Bonchev–Trinajstić information content (AvgIpc) is 3.52. The van der Waals surface area contributed by atoms with E-state index < -0.39 is 6.04 Å². The number of nitrogens with one attached hydrogen (secondary N) is 3. The molecule has 0 aromatic carbocycles. The molecule has 2 aromatic heterocycles. The summed E-state index contributed by atoms with van der Waals surface area (Å²) in [5, 5.41) is 19.3. The summed E-state index contributed by atoms with van der Waals surface area (Å²) in [6, 6.07) is 7.14. The molecule has 4 aliphatic rings. The van der Waals surface area contributed by atoms with Gasteiger partial charge >= 0.3 is 0 Å². The number of halogens is 1. The van der Waals surface area contributed by atoms with Crippen molar-refractivity contribution in [1.82, 2.24) is 15.6 Å². The fraction of sp³-hybridized carbons (Fsp3) is 0.556. The largest absolute Gasteiger partial charge is 0.480 e. The Morgan fingerprint density at radius 3 is 2.70 bits per heavy atom. The zero-order valence-electron chi connectivity index (χ0n) is 21.1. The Balaban J connectivity index is 1.24. The molecule has 8 nitrogen and oxygen atoms in total. The summed E-state index contributed by atoms with van der Waals surface area (Å²) in [7, 11) is 1.55. The van der Waals surface area contributed by atoms with E-state index in [1.165, 1.54) is 30.4 Å². The first-order valence-corrected chi connectivity index (χ1v) is 14.0. The molecule has 0 aliphatic heterocycles. The van der Waals surface area contributed by atoms with Crippen molar-refractivity contribution in [2.24, 2.45) is 11.3 Å². The number of thiophene rings is 1. The van der Waals surface area contributed by atoms with Crippen molar-refractivity contribution in [2.75, 3.05) is 12.4 Å². The lowest BCUT2D eigenvalue weighted by molar-refractivity contribution is -0.146. The molecule has 0 saturated heterocycles. The predicted molar refractivity (Wildman–Crippen MR) is 143 cm³/mol. The van der Waals surface area contributed by atoms with Gasteiger partial charge in [0.25, 0.3) is 5.91 Å². The summed E-state index contributed by atoms with van der Waals surface area (Å²) in [6.45, 7) is 1.99. The topological polar surface area (TPSA) is 116 Å². The number of rotatable bonds is 10. The monoisotopic (exact) mass is 541 g/mol. The number of carbonyl (C=O) groups excluding carboxylic acids is 2. The van der Waals surface area contributed by atoms with Crippen molar-refractivity contribution in [3.8, 4) is 11.9 Å². The third-order valence-electron chi connectivity index (χ3n) is 7.98. The smallest absolute Gasteiger partial charge is 0.262 e. The lowest BCUT2D eigenvalue weighted by atomic mass is 9.40. The molecule has 2 bridgehead atoms. The fourth-order valence-corrected chi connectivity index (χ4v) is 7.20. The summed E-state index contributed by atoms with van der Waals surface area (Å²) in [5.41, 5.74) is 0.182. The molecule has 2 heterocycles. The van der Waals surface area contributed by atoms with Gasteiger partial charge in [-0.15, -0.1) is 11.3 Å². The highest BCUT2D eigenvalue weighted by molar-refractivity contribution is 7.14. The van der Waals surface area contributed by atoms with Crippen molar-refractivity contribution < 1.29 is 14.3 Å². The number of anilines is 1. The number of aromatic nitrogens is 1. The maximum atomic E-state index is 13.3. The number of carbonyl (C=O) groups is 2. The Bertz CT molecular complexity index is 1220. The van der Waals surface area contributed by atoms with E-state index >= 15 is 0 Å². The van der Waals surface area contributed by atoms with Crippen LogP contribution in [-0.2, 0) is 4.79 Å². The molecule has 4 fully saturated rings. The number of nitrogens with zero attached hydrogens (tertiary/aromatic N) is 2. The van der Waals surface area contributed by atoms with Crippen LogP contribution in [0.1, 0.15) is 78.9 Å². The quantitative estimate of drug-likeness (QED) is 0.380. The van der Waals surface area contributed by atoms with Gasteiger partial charge in [-0.05, 0) is 56.7 Å². The third kappa shape index (κ3) is 5.27. The SMILES string of the molecule is COc1ncc(Cl)cc1NC(C)c1ccc(C(=O)NC(CC2CCCC2)C(=O)NC23CC(C#N)(C2)C3)s1. The van der Waals surface area contributed by atoms with Crippen molar-refractivity contribution in [3.05, 3.63) is 39.2 Å². The van der Waals surface area contributed by atoms with E-state index in [0.717, 1.165) is 37.0 Å². The van der Waals surface area contributed by atoms with Crippen LogP contribution in [0.15, 0.2) is 24.4 Å². The summed E-state index contributed by atoms with van der Waals surface area (Å²) < 4.78 is 5.32. The molecule has 2 unspecified atom stereocenters. The van der Waals surface area contributed by atoms with Crippen LogP contribution in [0.25, 0.3) is 0 Å². The zero-order chi connectivity index (χ0) is 26.2. The Hall–Kier alpha value is -2.83. The first kappa shape index (κ1) is 25.8. The number of hydrogen-bond donors (Lipinski definition) is 3. The molecular formula is C27H32ClN5O3S. The highest BCUT2D eigenvalue weighted by Crippen LogP contribution is 2.66. The van der Waals surface area contributed by atoms with Crippen molar-refractivity contribution in [3.63, 3.8) is 0 Å². The van der Waals surface area contributed by atoms with Crippen LogP contribution in [0.5, 0.6) is 5.88 Å². The number of amides is 2. The standard InChI is InChI=1S/C27H32ClN5O3S/c1-16(31-20-10-18(28)11-30-25(20)36-2)21-7-8-22(37-21)24(35)32-19(9-17-5-3-4-6-17)23(34)33-27-12-26(13-27,14-27)15-29/h7-8,10-11,16-17,19,31H,3-6,9,12-14H2,1-2H3,(H,32,35)(H,33,34). The molecular weight excluding hydrogens is 510 g/mol. The molecule has 3 N–H and O–H groups in total. The normalized spacial score (nSPS) is 25.7. The summed E-state index contributed by atoms with van der Waals surface area (Å²) in [6.07, 6.45) is 8.87. The predicted octanol–water partition coefficient (Wildman–Crippen LogP) is 5.22. The fourth-order valence-electron chi connectivity index (χ4n) is 6.13. The van der Waals surface area contributed by atoms with Crippen molar-refractivity contribution in [1.29, 1.82) is 5.26 Å². The third-order valence-corrected chi connectivity index (χ3v) is 9.46. The Kier molecular flexibility index (Phi) is 7.08. The maximum Gasteiger partial charge on any atom is 0.262 e. The van der Waals surface area contributed by atoms with Crippen molar-refractivity contribution >= 4 is 40.4 Å². The van der Waals surface area contributed by atoms with Crippen LogP contribution in [0.4, 0.5) is 5.69 Å². The lowest BCUT2D eigenvalue weighted by Gasteiger charge is -2.67. The highest BCUT2D eigenvalue weighted by Gasteiger charge is 2.69. The molecule has 10 heteroatoms. The molecule has 2 amide bonds. The Morgan fingerprint density at radius 2 is 2.03 bits per heavy atom. The zero-order valence-corrected chi connectivity index (χ0v) is 22.7. The number of nitriles is 1. The number of hydrogen-bond acceptors (Lipinski definition) is 7. The Labute approximate surface area is 226 Å². The molecule has 2 aromatic rings. The van der Waals surface area contributed by atoms with Crippen molar-refractivity contribution in [2.45, 2.75) is 75.9 Å². The first-order chi connectivity index (χ1) is 17.7. The number of ether oxygens (including phenoxy) is 1. The van der Waals surface area contributed by atoms with Crippen LogP contribution >= 0.6 is 22.9 Å². The van der Waals surface area contributed by atoms with Gasteiger partial charge in [-0.1, -0.05) is 37.3 Å². The van der Waals surface area contributed by atoms with E-state index in [4.69, 9.17) is 16.3 Å². The number of methoxy groups -OCH3 is 1. The molecule has 37 heavy (non-hydrogen) atoms. The van der Waals surface area contributed by atoms with Crippen LogP contribution in [0.2, 0.25) is 5.02 Å². The van der Waals surface area contributed by atoms with Gasteiger partial charge in [0, 0.05) is 16.6 Å². The molecule has 0 radical (unpaired) electrons. The first-order valence-electron chi connectivity index (χ1n) is 12.8. The van der Waals surface area contributed by atoms with Crippen LogP contribution < -0.4 is 20.7 Å². The maximum absolute atomic E-state index is 13.3. The van der Waals surface area contributed by atoms with Gasteiger partial charge in [-0.25, -0.2) is 4.98 Å². The second kappa shape index (κ2) is 10.1. The van der Waals surface area contributed by atoms with Gasteiger partial charge in [0.1, 0.15) is 6.04 Å². The highest BCUT2D eigenvalue weighted by atomic mass is 35.5. The van der Waals surface area contributed by atoms with Crippen LogP contribution in [0.3, 0.4) is 0 Å². The van der Waals surface area contributed by atoms with Gasteiger partial charge in [0.15, 0.2) is 0 Å². The molecule has 6 rings (SSSR count). The minimum absolute atomic E-state index is 0.116. The number of pyridine rings is 1. The molecule has 4 aliphatic carbocycles. The Morgan fingerprint density at radius 1 is 1.30 bits per heavy atom. The second-order valence-corrected chi connectivity index (χ2v) is 12.4. The molecule has 2 atom stereocenters. The van der Waals surface area contributed by atoms with Crippen LogP contribution in [-0.4, -0.2) is 35.5 Å². The second-order valence-electron chi connectivity index (χ2n) is 10.9. The van der Waals surface area contributed by atoms with Gasteiger partial charge in [-0.2, -0.15) is 5.26 Å². The van der Waals surface area contributed by atoms with E-state index in [0.29, 0.717) is 33.8 Å². The van der Waals surface area contributed by atoms with Gasteiger partial charge in [0.05, 0.1) is 40.2 Å². The molecule has 196 valence electrons. The average molecular weight is 542 g/mol. The lowest BCUT2D eigenvalue weighted by Crippen LogP contribution is -2.75. The van der Waals surface area contributed by atoms with Crippen LogP contribution in [0, 0.1) is 22.7 Å². The summed E-state index contributed by atoms with van der Waals surface area (Å²) in [4.78, 5) is 32.2. The van der Waals surface area contributed by atoms with E-state index in [-0.39, 0.29) is 28.8 Å². The van der Waals surface area contributed by atoms with Gasteiger partial charge in [-0.3, -0.25) is 9.59 Å². The summed E-state index contributed by atoms with van der Waals surface area (Å²) >= 11 is 7.48. The van der Waals surface area contributed by atoms with E-state index in [9.17, 15) is 14.9 Å². The minimum Gasteiger partial charge on any atom is -0.480 e. The van der Waals surface area contributed by atoms with E-state index in [1.54, 1.807) is 19.2 Å². The van der Waals surface area contributed by atoms with Gasteiger partial charge in [0.2, 0.25) is 11.8 Å². The van der Waals surface area contributed by atoms with E-state index in [2.05, 4.69) is 27.0 Å². The van der Waals surface area contributed by atoms with Gasteiger partial charge < -0.3 is 20.7 Å². The van der Waals surface area contributed by atoms with E-state index in [1.807, 2.05) is 13.0 Å².